The highest BCUT2D eigenvalue weighted by atomic mass is 31.2. The van der Waals surface area contributed by atoms with Crippen LogP contribution in [0.3, 0.4) is 0 Å². The molecule has 0 saturated carbocycles. The number of benzene rings is 2. The summed E-state index contributed by atoms with van der Waals surface area (Å²) in [6, 6.07) is 18.3. The molecule has 118 valence electrons. The summed E-state index contributed by atoms with van der Waals surface area (Å²) >= 11 is 0. The van der Waals surface area contributed by atoms with Gasteiger partial charge in [0.15, 0.2) is 0 Å². The molecule has 0 aromatic heterocycles. The van der Waals surface area contributed by atoms with Crippen LogP contribution in [0, 0.1) is 6.92 Å². The summed E-state index contributed by atoms with van der Waals surface area (Å²) in [4.78, 5) is 0. The zero-order chi connectivity index (χ0) is 16.3. The van der Waals surface area contributed by atoms with E-state index in [0.29, 0.717) is 0 Å². The third kappa shape index (κ3) is 3.04. The Balaban J connectivity index is 2.76. The van der Waals surface area contributed by atoms with Crippen molar-refractivity contribution >= 4 is 17.9 Å². The van der Waals surface area contributed by atoms with Gasteiger partial charge in [-0.05, 0) is 58.4 Å². The summed E-state index contributed by atoms with van der Waals surface area (Å²) in [5, 5.41) is 1.86. The molecule has 0 saturated heterocycles. The Kier molecular flexibility index (Phi) is 5.26. The van der Waals surface area contributed by atoms with Crippen molar-refractivity contribution < 1.29 is 4.57 Å². The van der Waals surface area contributed by atoms with Gasteiger partial charge in [-0.25, -0.2) is 4.67 Å². The fourth-order valence-electron chi connectivity index (χ4n) is 3.18. The highest BCUT2D eigenvalue weighted by Crippen LogP contribution is 2.50. The minimum absolute atomic E-state index is 0.200. The maximum absolute atomic E-state index is 14.3. The van der Waals surface area contributed by atoms with Gasteiger partial charge >= 0.3 is 0 Å². The summed E-state index contributed by atoms with van der Waals surface area (Å²) in [5.41, 5.74) is 1.08. The summed E-state index contributed by atoms with van der Waals surface area (Å²) in [6.45, 7) is 10.5. The van der Waals surface area contributed by atoms with Crippen LogP contribution in [0.1, 0.15) is 33.3 Å². The van der Waals surface area contributed by atoms with Crippen molar-refractivity contribution in [2.24, 2.45) is 0 Å². The van der Waals surface area contributed by atoms with Gasteiger partial charge in [0.05, 0.1) is 0 Å². The molecular formula is C19H26NOP. The van der Waals surface area contributed by atoms with Crippen molar-refractivity contribution in [3.05, 3.63) is 60.2 Å². The number of hydrogen-bond donors (Lipinski definition) is 0. The van der Waals surface area contributed by atoms with Crippen LogP contribution >= 0.6 is 7.29 Å². The fraction of sp³-hybridized carbons (Fsp3) is 0.368. The van der Waals surface area contributed by atoms with Gasteiger partial charge in [0.25, 0.3) is 0 Å². The van der Waals surface area contributed by atoms with Crippen molar-refractivity contribution in [3.8, 4) is 0 Å². The van der Waals surface area contributed by atoms with E-state index in [0.717, 1.165) is 16.2 Å². The second-order valence-corrected chi connectivity index (χ2v) is 8.88. The molecule has 2 nitrogen and oxygen atoms in total. The Hall–Kier alpha value is -1.37. The second-order valence-electron chi connectivity index (χ2n) is 6.27. The largest absolute Gasteiger partial charge is 0.296 e. The Labute approximate surface area is 134 Å². The molecule has 3 heteroatoms. The molecule has 0 N–H and O–H groups in total. The highest BCUT2D eigenvalue weighted by molar-refractivity contribution is 7.76. The number of rotatable bonds is 5. The number of nitrogens with zero attached hydrogens (tertiary/aromatic N) is 1. The van der Waals surface area contributed by atoms with Crippen LogP contribution < -0.4 is 10.6 Å². The molecule has 0 heterocycles. The summed E-state index contributed by atoms with van der Waals surface area (Å²) in [6.07, 6.45) is 0. The number of aryl methyl sites for hydroxylation is 1. The van der Waals surface area contributed by atoms with Crippen LogP contribution in [0.25, 0.3) is 0 Å². The molecule has 1 atom stereocenters. The first kappa shape index (κ1) is 17.0. The lowest BCUT2D eigenvalue weighted by Crippen LogP contribution is -2.41. The van der Waals surface area contributed by atoms with Gasteiger partial charge in [-0.2, -0.15) is 0 Å². The molecule has 0 bridgehead atoms. The lowest BCUT2D eigenvalue weighted by Gasteiger charge is -2.39. The third-order valence-electron chi connectivity index (χ3n) is 3.93. The van der Waals surface area contributed by atoms with Gasteiger partial charge in [-0.15, -0.1) is 0 Å². The third-order valence-corrected chi connectivity index (χ3v) is 7.66. The van der Waals surface area contributed by atoms with E-state index in [9.17, 15) is 4.57 Å². The standard InChI is InChI=1S/C19H26NOP/c1-15(2)20(16(3)4)22(21,18-12-7-6-8-13-18)19-14-10-9-11-17(19)5/h6-16H,1-5H3. The Morgan fingerprint density at radius 1 is 0.818 bits per heavy atom. The minimum atomic E-state index is -2.85. The second kappa shape index (κ2) is 6.81. The van der Waals surface area contributed by atoms with Crippen LogP contribution in [0.15, 0.2) is 54.6 Å². The smallest absolute Gasteiger partial charge is 0.207 e. The normalized spacial score (nSPS) is 14.5. The van der Waals surface area contributed by atoms with E-state index >= 15 is 0 Å². The highest BCUT2D eigenvalue weighted by Gasteiger charge is 2.38. The Morgan fingerprint density at radius 3 is 1.82 bits per heavy atom. The van der Waals surface area contributed by atoms with Crippen LogP contribution in [0.2, 0.25) is 0 Å². The molecule has 0 aliphatic rings. The molecular weight excluding hydrogens is 289 g/mol. The molecule has 0 fully saturated rings. The van der Waals surface area contributed by atoms with Crippen molar-refractivity contribution in [1.29, 1.82) is 0 Å². The first-order chi connectivity index (χ1) is 10.4. The predicted octanol–water partition coefficient (Wildman–Crippen LogP) is 4.34. The first-order valence-electron chi connectivity index (χ1n) is 7.89. The van der Waals surface area contributed by atoms with E-state index in [-0.39, 0.29) is 12.1 Å². The van der Waals surface area contributed by atoms with Crippen LogP contribution in [-0.4, -0.2) is 16.8 Å². The summed E-state index contributed by atoms with van der Waals surface area (Å²) in [7, 11) is -2.85. The van der Waals surface area contributed by atoms with Crippen LogP contribution in [0.4, 0.5) is 0 Å². The van der Waals surface area contributed by atoms with Crippen LogP contribution in [-0.2, 0) is 4.57 Å². The van der Waals surface area contributed by atoms with Gasteiger partial charge in [-0.1, -0.05) is 36.4 Å². The van der Waals surface area contributed by atoms with E-state index in [2.05, 4.69) is 32.4 Å². The summed E-state index contributed by atoms with van der Waals surface area (Å²) < 4.78 is 16.5. The van der Waals surface area contributed by atoms with Gasteiger partial charge in [0.1, 0.15) is 0 Å². The lowest BCUT2D eigenvalue weighted by molar-refractivity contribution is 0.307. The lowest BCUT2D eigenvalue weighted by atomic mass is 10.2. The molecule has 0 aliphatic heterocycles. The first-order valence-corrected chi connectivity index (χ1v) is 9.55. The SMILES string of the molecule is Cc1ccccc1P(=O)(c1ccccc1)N(C(C)C)C(C)C. The zero-order valence-corrected chi connectivity index (χ0v) is 15.0. The predicted molar refractivity (Wildman–Crippen MR) is 96.6 cm³/mol. The van der Waals surface area contributed by atoms with Crippen molar-refractivity contribution in [2.75, 3.05) is 0 Å². The van der Waals surface area contributed by atoms with E-state index < -0.39 is 7.29 Å². The van der Waals surface area contributed by atoms with Crippen molar-refractivity contribution in [2.45, 2.75) is 46.7 Å². The maximum atomic E-state index is 14.3. The molecule has 1 unspecified atom stereocenters. The van der Waals surface area contributed by atoms with Gasteiger partial charge in [-0.3, -0.25) is 4.57 Å². The molecule has 2 aromatic carbocycles. The van der Waals surface area contributed by atoms with Crippen LogP contribution in [0.5, 0.6) is 0 Å². The monoisotopic (exact) mass is 315 g/mol. The summed E-state index contributed by atoms with van der Waals surface area (Å²) in [5.74, 6) is 0. The van der Waals surface area contributed by atoms with Crippen molar-refractivity contribution in [3.63, 3.8) is 0 Å². The molecule has 2 aromatic rings. The average molecular weight is 315 g/mol. The topological polar surface area (TPSA) is 20.3 Å². The average Bonchev–Trinajstić information content (AvgIpc) is 2.47. The zero-order valence-electron chi connectivity index (χ0n) is 14.2. The molecule has 2 rings (SSSR count). The molecule has 0 amide bonds. The van der Waals surface area contributed by atoms with Gasteiger partial charge in [0.2, 0.25) is 7.29 Å². The Morgan fingerprint density at radius 2 is 1.32 bits per heavy atom. The molecule has 0 aliphatic carbocycles. The van der Waals surface area contributed by atoms with E-state index in [4.69, 9.17) is 0 Å². The van der Waals surface area contributed by atoms with Crippen molar-refractivity contribution in [1.82, 2.24) is 4.67 Å². The Bertz CT molecular complexity index is 656. The van der Waals surface area contributed by atoms with E-state index in [1.807, 2.05) is 61.5 Å². The molecule has 0 radical (unpaired) electrons. The van der Waals surface area contributed by atoms with E-state index in [1.54, 1.807) is 0 Å². The molecule has 22 heavy (non-hydrogen) atoms. The van der Waals surface area contributed by atoms with Gasteiger partial charge < -0.3 is 0 Å². The van der Waals surface area contributed by atoms with E-state index in [1.165, 1.54) is 0 Å². The minimum Gasteiger partial charge on any atom is -0.296 e. The number of hydrogen-bond acceptors (Lipinski definition) is 1. The maximum Gasteiger partial charge on any atom is 0.207 e. The fourth-order valence-corrected chi connectivity index (χ4v) is 6.69. The quantitative estimate of drug-likeness (QED) is 0.765. The van der Waals surface area contributed by atoms with Gasteiger partial charge in [0, 0.05) is 22.7 Å². The molecule has 0 spiro atoms.